The first-order valence-electron chi connectivity index (χ1n) is 8.38. The Morgan fingerprint density at radius 2 is 2.08 bits per heavy atom. The molecular formula is C18H20ClN3O3S. The highest BCUT2D eigenvalue weighted by atomic mass is 35.5. The molecule has 0 radical (unpaired) electrons. The zero-order valence-electron chi connectivity index (χ0n) is 14.4. The van der Waals surface area contributed by atoms with Crippen molar-refractivity contribution in [2.45, 2.75) is 19.4 Å². The minimum atomic E-state index is -3.04. The lowest BCUT2D eigenvalue weighted by atomic mass is 10.1. The van der Waals surface area contributed by atoms with Crippen molar-refractivity contribution in [3.8, 4) is 0 Å². The molecule has 0 spiro atoms. The van der Waals surface area contributed by atoms with Crippen LogP contribution in [0.1, 0.15) is 23.7 Å². The Morgan fingerprint density at radius 3 is 2.65 bits per heavy atom. The maximum absolute atomic E-state index is 12.7. The van der Waals surface area contributed by atoms with Gasteiger partial charge in [-0.15, -0.1) is 0 Å². The lowest BCUT2D eigenvalue weighted by Gasteiger charge is -2.26. The fourth-order valence-electron chi connectivity index (χ4n) is 3.05. The number of pyridine rings is 1. The summed E-state index contributed by atoms with van der Waals surface area (Å²) in [5, 5.41) is 3.68. The molecule has 1 fully saturated rings. The van der Waals surface area contributed by atoms with Gasteiger partial charge in [-0.2, -0.15) is 0 Å². The highest BCUT2D eigenvalue weighted by molar-refractivity contribution is 7.91. The predicted octanol–water partition coefficient (Wildman–Crippen LogP) is 3.13. The first-order valence-corrected chi connectivity index (χ1v) is 10.6. The van der Waals surface area contributed by atoms with Gasteiger partial charge in [-0.05, 0) is 37.6 Å². The number of hydrogen-bond acceptors (Lipinski definition) is 5. The molecule has 2 aromatic rings. The van der Waals surface area contributed by atoms with Gasteiger partial charge in [0.2, 0.25) is 0 Å². The van der Waals surface area contributed by atoms with Crippen LogP contribution in [0.2, 0.25) is 5.02 Å². The Labute approximate surface area is 158 Å². The second-order valence-electron chi connectivity index (χ2n) is 6.18. The maximum Gasteiger partial charge on any atom is 0.255 e. The van der Waals surface area contributed by atoms with E-state index < -0.39 is 9.84 Å². The summed E-state index contributed by atoms with van der Waals surface area (Å²) in [7, 11) is -3.04. The topological polar surface area (TPSA) is 79.4 Å². The van der Waals surface area contributed by atoms with Crippen molar-refractivity contribution in [1.29, 1.82) is 0 Å². The summed E-state index contributed by atoms with van der Waals surface area (Å²) in [5.41, 5.74) is 1.16. The van der Waals surface area contributed by atoms with Crippen molar-refractivity contribution in [1.82, 2.24) is 9.88 Å². The number of benzene rings is 1. The molecule has 1 aliphatic heterocycles. The fraction of sp³-hybridized carbons (Fsp3) is 0.333. The number of carbonyl (C=O) groups is 1. The van der Waals surface area contributed by atoms with Gasteiger partial charge in [-0.1, -0.05) is 23.7 Å². The molecular weight excluding hydrogens is 374 g/mol. The second-order valence-corrected chi connectivity index (χ2v) is 8.82. The van der Waals surface area contributed by atoms with E-state index in [2.05, 4.69) is 10.3 Å². The summed E-state index contributed by atoms with van der Waals surface area (Å²) in [4.78, 5) is 18.6. The van der Waals surface area contributed by atoms with Crippen LogP contribution in [0.3, 0.4) is 0 Å². The van der Waals surface area contributed by atoms with E-state index >= 15 is 0 Å². The lowest BCUT2D eigenvalue weighted by molar-refractivity contribution is 0.0708. The van der Waals surface area contributed by atoms with Crippen LogP contribution in [0.5, 0.6) is 0 Å². The molecule has 8 heteroatoms. The van der Waals surface area contributed by atoms with Crippen LogP contribution in [0.4, 0.5) is 11.5 Å². The maximum atomic E-state index is 12.7. The van der Waals surface area contributed by atoms with Gasteiger partial charge in [0, 0.05) is 18.8 Å². The van der Waals surface area contributed by atoms with Gasteiger partial charge in [0.15, 0.2) is 9.84 Å². The molecule has 1 aromatic heterocycles. The van der Waals surface area contributed by atoms with E-state index in [9.17, 15) is 13.2 Å². The fourth-order valence-corrected chi connectivity index (χ4v) is 4.96. The average molecular weight is 394 g/mol. The predicted molar refractivity (Wildman–Crippen MR) is 103 cm³/mol. The van der Waals surface area contributed by atoms with Crippen molar-refractivity contribution in [3.05, 3.63) is 53.2 Å². The second kappa shape index (κ2) is 7.63. The van der Waals surface area contributed by atoms with Gasteiger partial charge in [-0.3, -0.25) is 4.79 Å². The molecule has 1 aliphatic rings. The van der Waals surface area contributed by atoms with Gasteiger partial charge in [0.25, 0.3) is 5.91 Å². The molecule has 6 nitrogen and oxygen atoms in total. The zero-order chi connectivity index (χ0) is 18.7. The number of nitrogens with one attached hydrogen (secondary N) is 1. The number of para-hydroxylation sites is 1. The van der Waals surface area contributed by atoms with Gasteiger partial charge >= 0.3 is 0 Å². The van der Waals surface area contributed by atoms with E-state index in [0.717, 1.165) is 5.69 Å². The number of halogens is 1. The minimum absolute atomic E-state index is 0.0339. The minimum Gasteiger partial charge on any atom is -0.339 e. The molecule has 1 atom stereocenters. The molecule has 1 saturated heterocycles. The van der Waals surface area contributed by atoms with Crippen LogP contribution in [0.15, 0.2) is 42.6 Å². The van der Waals surface area contributed by atoms with Gasteiger partial charge in [-0.25, -0.2) is 13.4 Å². The van der Waals surface area contributed by atoms with Crippen LogP contribution in [0.25, 0.3) is 0 Å². The molecule has 2 heterocycles. The molecule has 1 N–H and O–H groups in total. The van der Waals surface area contributed by atoms with Crippen LogP contribution in [0, 0.1) is 0 Å². The number of aromatic nitrogens is 1. The van der Waals surface area contributed by atoms with Crippen molar-refractivity contribution in [2.75, 3.05) is 23.4 Å². The van der Waals surface area contributed by atoms with Crippen molar-refractivity contribution in [2.24, 2.45) is 0 Å². The Balaban J connectivity index is 1.73. The van der Waals surface area contributed by atoms with E-state index in [1.807, 2.05) is 25.1 Å². The number of sulfone groups is 1. The third kappa shape index (κ3) is 4.16. The van der Waals surface area contributed by atoms with Crippen LogP contribution < -0.4 is 5.32 Å². The Kier molecular flexibility index (Phi) is 5.48. The summed E-state index contributed by atoms with van der Waals surface area (Å²) >= 11 is 6.11. The normalized spacial score (nSPS) is 18.5. The molecule has 138 valence electrons. The van der Waals surface area contributed by atoms with E-state index in [0.29, 0.717) is 29.4 Å². The third-order valence-electron chi connectivity index (χ3n) is 4.40. The van der Waals surface area contributed by atoms with Crippen molar-refractivity contribution >= 4 is 38.9 Å². The molecule has 1 unspecified atom stereocenters. The highest BCUT2D eigenvalue weighted by Gasteiger charge is 2.34. The molecule has 1 aromatic carbocycles. The average Bonchev–Trinajstić information content (AvgIpc) is 2.98. The Bertz CT molecular complexity index is 900. The first-order chi connectivity index (χ1) is 12.4. The molecule has 3 rings (SSSR count). The van der Waals surface area contributed by atoms with Gasteiger partial charge < -0.3 is 10.2 Å². The van der Waals surface area contributed by atoms with Crippen LogP contribution in [-0.4, -0.2) is 48.3 Å². The number of hydrogen-bond donors (Lipinski definition) is 1. The monoisotopic (exact) mass is 393 g/mol. The number of amides is 1. The van der Waals surface area contributed by atoms with Crippen LogP contribution in [-0.2, 0) is 9.84 Å². The summed E-state index contributed by atoms with van der Waals surface area (Å²) in [6, 6.07) is 10.4. The largest absolute Gasteiger partial charge is 0.339 e. The highest BCUT2D eigenvalue weighted by Crippen LogP contribution is 2.24. The zero-order valence-corrected chi connectivity index (χ0v) is 15.9. The molecule has 0 aliphatic carbocycles. The van der Waals surface area contributed by atoms with E-state index in [1.54, 1.807) is 23.1 Å². The quantitative estimate of drug-likeness (QED) is 0.844. The van der Waals surface area contributed by atoms with Crippen LogP contribution >= 0.6 is 11.6 Å². The number of nitrogens with zero attached hydrogens (tertiary/aromatic N) is 2. The smallest absolute Gasteiger partial charge is 0.255 e. The van der Waals surface area contributed by atoms with Crippen molar-refractivity contribution in [3.63, 3.8) is 0 Å². The van der Waals surface area contributed by atoms with Gasteiger partial charge in [0.05, 0.1) is 27.8 Å². The lowest BCUT2D eigenvalue weighted by Crippen LogP contribution is -2.41. The summed E-state index contributed by atoms with van der Waals surface area (Å²) in [6.45, 7) is 2.31. The first kappa shape index (κ1) is 18.7. The Morgan fingerprint density at radius 1 is 1.31 bits per heavy atom. The van der Waals surface area contributed by atoms with Gasteiger partial charge in [0.1, 0.15) is 5.82 Å². The number of rotatable bonds is 5. The third-order valence-corrected chi connectivity index (χ3v) is 6.48. The molecule has 26 heavy (non-hydrogen) atoms. The van der Waals surface area contributed by atoms with E-state index in [-0.39, 0.29) is 23.5 Å². The number of anilines is 2. The number of carbonyl (C=O) groups excluding carboxylic acids is 1. The molecule has 0 bridgehead atoms. The SMILES string of the molecule is CCN(C(=O)c1ccc(Nc2ccccc2Cl)nc1)C1CCS(=O)(=O)C1. The molecule has 1 amide bonds. The summed E-state index contributed by atoms with van der Waals surface area (Å²) < 4.78 is 23.4. The summed E-state index contributed by atoms with van der Waals surface area (Å²) in [5.74, 6) is 0.541. The molecule has 0 saturated carbocycles. The van der Waals surface area contributed by atoms with E-state index in [1.165, 1.54) is 6.20 Å². The van der Waals surface area contributed by atoms with Crippen molar-refractivity contribution < 1.29 is 13.2 Å². The standard InChI is InChI=1S/C18H20ClN3O3S/c1-2-22(14-9-10-26(24,25)12-14)18(23)13-7-8-17(20-11-13)21-16-6-4-3-5-15(16)19/h3-8,11,14H,2,9-10,12H2,1H3,(H,20,21). The summed E-state index contributed by atoms with van der Waals surface area (Å²) in [6.07, 6.45) is 1.98. The van der Waals surface area contributed by atoms with E-state index in [4.69, 9.17) is 11.6 Å². The Hall–Kier alpha value is -2.12.